The fourth-order valence-corrected chi connectivity index (χ4v) is 17.7. The number of aromatic nitrogens is 20. The van der Waals surface area contributed by atoms with Crippen LogP contribution in [-0.4, -0.2) is 282 Å². The van der Waals surface area contributed by atoms with Crippen molar-refractivity contribution in [2.24, 2.45) is 25.6 Å². The van der Waals surface area contributed by atoms with E-state index in [1.54, 1.807) is 0 Å². The largest absolute Gasteiger partial charge is 0.472 e. The van der Waals surface area contributed by atoms with Crippen LogP contribution in [0.2, 0.25) is 0 Å². The predicted octanol–water partition coefficient (Wildman–Crippen LogP) is -0.424. The van der Waals surface area contributed by atoms with E-state index >= 15 is 0 Å². The summed E-state index contributed by atoms with van der Waals surface area (Å²) in [5, 5.41) is 88.0. The van der Waals surface area contributed by atoms with Gasteiger partial charge in [0.05, 0.1) is 33.0 Å². The fraction of sp³-hybridized carbons (Fsp3) is 0.500. The Morgan fingerprint density at radius 1 is 0.317 bits per heavy atom. The number of hydrogen-bond acceptors (Lipinski definition) is 50. The highest BCUT2D eigenvalue weighted by Gasteiger charge is 2.58. The quantitative estimate of drug-likeness (QED) is 0.0107. The van der Waals surface area contributed by atoms with Crippen LogP contribution >= 0.6 is 39.1 Å². The zero-order chi connectivity index (χ0) is 90.1. The van der Waals surface area contributed by atoms with Crippen molar-refractivity contribution >= 4 is 154 Å². The molecule has 0 amide bonds. The van der Waals surface area contributed by atoms with Crippen LogP contribution in [0, 0.1) is 0 Å². The van der Waals surface area contributed by atoms with Crippen LogP contribution in [0.5, 0.6) is 0 Å². The molecule has 0 saturated carbocycles. The first-order chi connectivity index (χ1) is 59.9. The molecular weight excluding hydrogens is 1810 g/mol. The van der Waals surface area contributed by atoms with Gasteiger partial charge in [0, 0.05) is 24.6 Å². The van der Waals surface area contributed by atoms with E-state index in [0.29, 0.717) is 4.57 Å². The van der Waals surface area contributed by atoms with E-state index in [0.717, 1.165) is 49.9 Å². The molecule has 71 nitrogen and oxygen atoms in total. The molecule has 0 aromatic carbocycles. The number of hydrogen-bond donors (Lipinski definition) is 17. The topological polar surface area (TPSA) is 1050 Å². The van der Waals surface area contributed by atoms with Gasteiger partial charge in [-0.15, -0.1) is 0 Å². The first kappa shape index (κ1) is 89.2. The Bertz CT molecular complexity index is 6460. The normalized spacial score (nSPS) is 28.7. The number of nitrogen functional groups attached to an aromatic ring is 5. The molecule has 5 saturated heterocycles. The van der Waals surface area contributed by atoms with Gasteiger partial charge >= 0.3 is 39.1 Å². The highest BCUT2D eigenvalue weighted by atomic mass is 31.2. The number of rotatable bonds is 33. The molecule has 15 rings (SSSR count). The van der Waals surface area contributed by atoms with Gasteiger partial charge in [0.25, 0.3) is 0 Å². The summed E-state index contributed by atoms with van der Waals surface area (Å²) in [7, 11) is -29.1. The van der Waals surface area contributed by atoms with Gasteiger partial charge in [-0.25, -0.2) is 97.6 Å². The third-order valence-electron chi connectivity index (χ3n) is 19.0. The molecular formula is C50H57N40O31P5. The molecule has 76 heteroatoms. The summed E-state index contributed by atoms with van der Waals surface area (Å²) in [5.41, 5.74) is 74.8. The number of azide groups is 5. The number of imidazole rings is 5. The highest BCUT2D eigenvalue weighted by molar-refractivity contribution is 7.48. The number of nitrogens with two attached hydrogens (primary N) is 5. The standard InChI is InChI=1S/C50H57N40O31P5/c51-31-16-36(66-6-61-31)86(46(71-16)76-81-56)41-26(96)21(91)11(113-41)2-109-123(100,101)119-28-23(93)13(115-43(28)88-38-18(33(53)63-8-68-38)73-48(88)78-83-58)4-111-125(104,105)121-30-25(95)15(117-45(30)90-40-20(35(55)65-10-70-40)75-50(90)80-85-60)5-112-126(106,107)120-29-24(94)14(116-44(29)89-39-19(34(54)64-9-69-39)74-49(89)79-84-59)3-110-124(102,103)118-27-22(92)12(1-108-122(97,98)99)114-42(27)87-37-17(32(52)62-7-67-37)72-47(87)77-82-57/h6-15,21-30,41-45,91-96H,1-5H2,(H,100,101)(H,102,103)(H,104,105)(H,106,107)(H2,51,61,66)(H2,52,62,67)(H2,53,63,68)(H2,54,64,69)(H2,55,65,70)(H2,97,98,99)/t11-,12-,13-,14-,15-,21-,22-,23-,24-,25-,26-,27-,28-,29-,30-,41-,42-,43-,44-,45-/m1/s1. The minimum absolute atomic E-state index is 0.140. The number of phosphoric acid groups is 5. The van der Waals surface area contributed by atoms with E-state index in [4.69, 9.17) is 88.5 Å². The van der Waals surface area contributed by atoms with E-state index < -0.39 is 253 Å². The second-order valence-electron chi connectivity index (χ2n) is 26.4. The molecule has 10 aromatic rings. The van der Waals surface area contributed by atoms with Crippen LogP contribution in [-0.2, 0) is 87.2 Å². The van der Waals surface area contributed by atoms with Crippen molar-refractivity contribution < 1.29 is 147 Å². The Balaban J connectivity index is 0.684. The van der Waals surface area contributed by atoms with Crippen molar-refractivity contribution in [3.05, 3.63) is 83.9 Å². The van der Waals surface area contributed by atoms with Crippen molar-refractivity contribution in [1.82, 2.24) is 97.6 Å². The summed E-state index contributed by atoms with van der Waals surface area (Å²) in [6.45, 7) is -6.58. The molecule has 126 heavy (non-hydrogen) atoms. The maximum absolute atomic E-state index is 14.6. The number of phosphoric ester groups is 5. The van der Waals surface area contributed by atoms with Crippen molar-refractivity contribution in [2.45, 2.75) is 123 Å². The molecule has 0 aliphatic carbocycles. The Labute approximate surface area is 690 Å². The Morgan fingerprint density at radius 2 is 0.516 bits per heavy atom. The zero-order valence-electron chi connectivity index (χ0n) is 61.9. The summed E-state index contributed by atoms with van der Waals surface area (Å²) < 4.78 is 151. The molecule has 24 atom stereocenters. The van der Waals surface area contributed by atoms with Crippen LogP contribution in [0.15, 0.2) is 57.2 Å². The summed E-state index contributed by atoms with van der Waals surface area (Å²) >= 11 is 0. The van der Waals surface area contributed by atoms with Crippen molar-refractivity contribution in [3.8, 4) is 0 Å². The minimum atomic E-state index is -6.04. The number of aliphatic hydroxyl groups excluding tert-OH is 6. The SMILES string of the molecule is [N-]=[N+]=Nc1nc2c(N)ncnc2n1[C@@H]1O[C@H](COP(=O)(O)O[C@@H]2[C@H](O)[C@@H](COP(=O)(O)O[C@@H]3[C@H](O)[C@@H](COP(=O)(O)O[C@@H]4[C@H](O)[C@@H](COP(=O)(O)O[C@@H]5[C@H](O)[C@@H](COP(=O)(O)O)O[C@H]5n5c(N=[N+]=[N-])nc6c(N)ncnc65)O[C@H]4n4c(N=[N+]=[N-])nc5c(N)ncnc54)O[C@H]3n3c(N=[N+]=[N-])nc4c(N)ncnc43)O[C@H]2n2c(N=[N+]=[N-])nc3c(N)ncnc32)[C@@H](O)[C@H]1O. The van der Waals surface area contributed by atoms with Crippen LogP contribution in [0.3, 0.4) is 0 Å². The Hall–Kier alpha value is -11.6. The molecule has 0 bridgehead atoms. The van der Waals surface area contributed by atoms with E-state index in [1.165, 1.54) is 0 Å². The van der Waals surface area contributed by atoms with Crippen LogP contribution in [0.1, 0.15) is 31.1 Å². The Kier molecular flexibility index (Phi) is 24.8. The van der Waals surface area contributed by atoms with E-state index in [1.807, 2.05) is 0 Å². The molecule has 5 aliphatic rings. The fourth-order valence-electron chi connectivity index (χ4n) is 13.7. The van der Waals surface area contributed by atoms with Gasteiger partial charge in [0.15, 0.2) is 116 Å². The lowest BCUT2D eigenvalue weighted by Gasteiger charge is -2.26. The van der Waals surface area contributed by atoms with Crippen molar-refractivity contribution in [2.75, 3.05) is 61.7 Å². The van der Waals surface area contributed by atoms with Gasteiger partial charge < -0.3 is 112 Å². The van der Waals surface area contributed by atoms with E-state index in [2.05, 4.69) is 129 Å². The lowest BCUT2D eigenvalue weighted by molar-refractivity contribution is -0.0654. The number of anilines is 5. The maximum atomic E-state index is 14.6. The molecule has 0 spiro atoms. The average Bonchev–Trinajstić information content (AvgIpc) is 2.51. The van der Waals surface area contributed by atoms with E-state index in [-0.39, 0.29) is 56.3 Å². The van der Waals surface area contributed by atoms with Gasteiger partial charge in [0.2, 0.25) is 29.7 Å². The van der Waals surface area contributed by atoms with Crippen LogP contribution in [0.4, 0.5) is 58.8 Å². The first-order valence-corrected chi connectivity index (χ1v) is 42.2. The molecule has 668 valence electrons. The molecule has 0 radical (unpaired) electrons. The number of fused-ring (bicyclic) bond motifs is 5. The van der Waals surface area contributed by atoms with Crippen LogP contribution < -0.4 is 28.7 Å². The summed E-state index contributed by atoms with van der Waals surface area (Å²) in [6.07, 6.45) is -39.2. The van der Waals surface area contributed by atoms with Crippen molar-refractivity contribution in [3.63, 3.8) is 0 Å². The van der Waals surface area contributed by atoms with Gasteiger partial charge in [-0.05, 0) is 53.2 Å². The van der Waals surface area contributed by atoms with Crippen molar-refractivity contribution in [1.29, 1.82) is 0 Å². The lowest BCUT2D eigenvalue weighted by Crippen LogP contribution is -2.37. The average molecular weight is 1870 g/mol. The smallest absolute Gasteiger partial charge is 0.387 e. The van der Waals surface area contributed by atoms with Gasteiger partial charge in [-0.1, -0.05) is 0 Å². The monoisotopic (exact) mass is 1870 g/mol. The molecule has 22 N–H and O–H groups in total. The van der Waals surface area contributed by atoms with Gasteiger partial charge in [-0.3, -0.25) is 63.5 Å². The van der Waals surface area contributed by atoms with Gasteiger partial charge in [0.1, 0.15) is 123 Å². The number of aliphatic hydroxyl groups is 6. The third-order valence-corrected chi connectivity index (χ3v) is 23.4. The first-order valence-electron chi connectivity index (χ1n) is 34.7. The minimum Gasteiger partial charge on any atom is -0.387 e. The van der Waals surface area contributed by atoms with E-state index in [9.17, 15) is 110 Å². The second kappa shape index (κ2) is 35.0. The summed E-state index contributed by atoms with van der Waals surface area (Å²) in [4.78, 5) is 139. The highest BCUT2D eigenvalue weighted by Crippen LogP contribution is 2.58. The van der Waals surface area contributed by atoms with Gasteiger partial charge in [-0.2, -0.15) is 0 Å². The summed E-state index contributed by atoms with van der Waals surface area (Å²) in [5.74, 6) is -5.16. The predicted molar refractivity (Wildman–Crippen MR) is 399 cm³/mol. The molecule has 15 heterocycles. The molecule has 10 aromatic heterocycles. The molecule has 5 fully saturated rings. The maximum Gasteiger partial charge on any atom is 0.472 e. The molecule has 5 aliphatic heterocycles. The lowest BCUT2D eigenvalue weighted by atomic mass is 10.1. The number of ether oxygens (including phenoxy) is 5. The summed E-state index contributed by atoms with van der Waals surface area (Å²) in [6, 6.07) is 0. The van der Waals surface area contributed by atoms with Crippen LogP contribution in [0.25, 0.3) is 108 Å². The second-order valence-corrected chi connectivity index (χ2v) is 33.3. The third kappa shape index (κ3) is 17.4. The Morgan fingerprint density at radius 3 is 0.730 bits per heavy atom. The molecule has 4 unspecified atom stereocenters. The zero-order valence-corrected chi connectivity index (χ0v) is 66.3. The number of nitrogens with zero attached hydrogens (tertiary/aromatic N) is 35.